The maximum absolute atomic E-state index is 12.3. The number of hydrogen-bond donors (Lipinski definition) is 1. The first kappa shape index (κ1) is 15.0. The van der Waals surface area contributed by atoms with Crippen LogP contribution in [0.15, 0.2) is 47.4 Å². The van der Waals surface area contributed by atoms with Gasteiger partial charge in [0.05, 0.1) is 9.82 Å². The normalized spacial score (nSPS) is 11.1. The number of anilines is 1. The highest BCUT2D eigenvalue weighted by Crippen LogP contribution is 2.32. The lowest BCUT2D eigenvalue weighted by Gasteiger charge is -2.12. The molecule has 110 valence electrons. The highest BCUT2D eigenvalue weighted by molar-refractivity contribution is 7.92. The Morgan fingerprint density at radius 2 is 1.67 bits per heavy atom. The van der Waals surface area contributed by atoms with E-state index in [1.807, 2.05) is 0 Å². The largest absolute Gasteiger partial charge is 0.293 e. The van der Waals surface area contributed by atoms with E-state index in [1.165, 1.54) is 18.2 Å². The van der Waals surface area contributed by atoms with Crippen LogP contribution in [-0.4, -0.2) is 13.3 Å². The van der Waals surface area contributed by atoms with Gasteiger partial charge in [0.2, 0.25) is 0 Å². The van der Waals surface area contributed by atoms with Gasteiger partial charge in [-0.3, -0.25) is 14.8 Å². The van der Waals surface area contributed by atoms with E-state index in [0.717, 1.165) is 5.56 Å². The average molecular weight is 306 g/mol. The van der Waals surface area contributed by atoms with Crippen molar-refractivity contribution in [2.45, 2.75) is 18.7 Å². The van der Waals surface area contributed by atoms with E-state index < -0.39 is 14.9 Å². The smallest absolute Gasteiger partial charge is 0.273 e. The molecule has 1 N–H and O–H groups in total. The van der Waals surface area contributed by atoms with E-state index in [0.29, 0.717) is 5.56 Å². The topological polar surface area (TPSA) is 89.3 Å². The fraction of sp³-hybridized carbons (Fsp3) is 0.143. The zero-order valence-electron chi connectivity index (χ0n) is 11.5. The van der Waals surface area contributed by atoms with Crippen molar-refractivity contribution in [2.24, 2.45) is 0 Å². The molecule has 0 aliphatic carbocycles. The van der Waals surface area contributed by atoms with Crippen molar-refractivity contribution < 1.29 is 13.3 Å². The van der Waals surface area contributed by atoms with Gasteiger partial charge in [-0.2, -0.15) is 0 Å². The van der Waals surface area contributed by atoms with Crippen LogP contribution in [0.25, 0.3) is 0 Å². The lowest BCUT2D eigenvalue weighted by molar-refractivity contribution is -0.383. The Hall–Kier alpha value is -2.41. The predicted octanol–water partition coefficient (Wildman–Crippen LogP) is 3.01. The molecule has 6 nitrogen and oxygen atoms in total. The molecule has 0 amide bonds. The molecular formula is C14H14N2O4S. The second-order valence-electron chi connectivity index (χ2n) is 4.58. The van der Waals surface area contributed by atoms with Crippen molar-refractivity contribution in [3.05, 3.63) is 63.7 Å². The van der Waals surface area contributed by atoms with Crippen LogP contribution in [0, 0.1) is 24.0 Å². The predicted molar refractivity (Wildman–Crippen MR) is 79.8 cm³/mol. The number of aryl methyl sites for hydroxylation is 1. The van der Waals surface area contributed by atoms with Gasteiger partial charge in [-0.05, 0) is 37.1 Å². The van der Waals surface area contributed by atoms with E-state index in [9.17, 15) is 18.5 Å². The van der Waals surface area contributed by atoms with Gasteiger partial charge in [0.25, 0.3) is 15.7 Å². The Balaban J connectivity index is 2.54. The van der Waals surface area contributed by atoms with E-state index in [-0.39, 0.29) is 16.3 Å². The zero-order chi connectivity index (χ0) is 15.6. The van der Waals surface area contributed by atoms with Crippen molar-refractivity contribution in [1.29, 1.82) is 0 Å². The highest BCUT2D eigenvalue weighted by atomic mass is 32.2. The van der Waals surface area contributed by atoms with Gasteiger partial charge < -0.3 is 0 Å². The maximum atomic E-state index is 12.3. The Bertz CT molecular complexity index is 786. The minimum absolute atomic E-state index is 0.00357. The fourth-order valence-corrected chi connectivity index (χ4v) is 3.04. The number of hydrogen-bond acceptors (Lipinski definition) is 4. The minimum atomic E-state index is -3.86. The molecule has 7 heteroatoms. The number of benzene rings is 2. The third-order valence-electron chi connectivity index (χ3n) is 3.20. The molecule has 0 atom stereocenters. The van der Waals surface area contributed by atoms with Crippen LogP contribution in [0.3, 0.4) is 0 Å². The summed E-state index contributed by atoms with van der Waals surface area (Å²) >= 11 is 0. The highest BCUT2D eigenvalue weighted by Gasteiger charge is 2.23. The molecule has 0 aliphatic heterocycles. The number of nitro benzene ring substituents is 1. The molecule has 0 fully saturated rings. The van der Waals surface area contributed by atoms with Crippen LogP contribution < -0.4 is 4.72 Å². The number of nitrogens with zero attached hydrogens (tertiary/aromatic N) is 1. The quantitative estimate of drug-likeness (QED) is 0.694. The van der Waals surface area contributed by atoms with Crippen molar-refractivity contribution >= 4 is 21.4 Å². The Labute approximate surface area is 122 Å². The van der Waals surface area contributed by atoms with Crippen LogP contribution in [0.2, 0.25) is 0 Å². The first-order valence-electron chi connectivity index (χ1n) is 6.15. The summed E-state index contributed by atoms with van der Waals surface area (Å²) in [5, 5.41) is 11.1. The van der Waals surface area contributed by atoms with Gasteiger partial charge in [-0.1, -0.05) is 24.3 Å². The molecule has 2 rings (SSSR count). The molecule has 0 aliphatic rings. The van der Waals surface area contributed by atoms with Crippen molar-refractivity contribution in [3.63, 3.8) is 0 Å². The number of nitro groups is 1. The Morgan fingerprint density at radius 1 is 1.05 bits per heavy atom. The molecular weight excluding hydrogens is 292 g/mol. The van der Waals surface area contributed by atoms with Crippen LogP contribution in [0.5, 0.6) is 0 Å². The first-order chi connectivity index (χ1) is 9.83. The first-order valence-corrected chi connectivity index (χ1v) is 7.63. The summed E-state index contributed by atoms with van der Waals surface area (Å²) in [5.74, 6) is 0. The average Bonchev–Trinajstić information content (AvgIpc) is 2.44. The van der Waals surface area contributed by atoms with Crippen LogP contribution in [0.4, 0.5) is 11.4 Å². The molecule has 0 radical (unpaired) electrons. The van der Waals surface area contributed by atoms with Crippen molar-refractivity contribution in [1.82, 2.24) is 0 Å². The Kier molecular flexibility index (Phi) is 3.95. The third kappa shape index (κ3) is 3.03. The lowest BCUT2D eigenvalue weighted by Crippen LogP contribution is -2.15. The number of nitrogens with one attached hydrogen (secondary N) is 1. The van der Waals surface area contributed by atoms with Gasteiger partial charge in [-0.25, -0.2) is 8.42 Å². The van der Waals surface area contributed by atoms with Crippen LogP contribution >= 0.6 is 0 Å². The monoisotopic (exact) mass is 306 g/mol. The molecule has 0 heterocycles. The van der Waals surface area contributed by atoms with Gasteiger partial charge in [-0.15, -0.1) is 0 Å². The maximum Gasteiger partial charge on any atom is 0.293 e. The van der Waals surface area contributed by atoms with Crippen LogP contribution in [-0.2, 0) is 10.0 Å². The van der Waals surface area contributed by atoms with Gasteiger partial charge in [0.1, 0.15) is 5.69 Å². The second-order valence-corrected chi connectivity index (χ2v) is 6.26. The van der Waals surface area contributed by atoms with E-state index in [1.54, 1.807) is 38.1 Å². The zero-order valence-corrected chi connectivity index (χ0v) is 12.3. The summed E-state index contributed by atoms with van der Waals surface area (Å²) in [6.07, 6.45) is 0. The SMILES string of the molecule is Cc1ccc([N+](=O)[O-])c(NS(=O)(=O)c2ccccc2)c1C. The van der Waals surface area contributed by atoms with Gasteiger partial charge >= 0.3 is 0 Å². The summed E-state index contributed by atoms with van der Waals surface area (Å²) in [7, 11) is -3.86. The van der Waals surface area contributed by atoms with Crippen molar-refractivity contribution in [3.8, 4) is 0 Å². The van der Waals surface area contributed by atoms with Gasteiger partial charge in [0, 0.05) is 6.07 Å². The summed E-state index contributed by atoms with van der Waals surface area (Å²) in [6, 6.07) is 10.6. The van der Waals surface area contributed by atoms with E-state index in [2.05, 4.69) is 4.72 Å². The standard InChI is InChI=1S/C14H14N2O4S/c1-10-8-9-13(16(17)18)14(11(10)2)15-21(19,20)12-6-4-3-5-7-12/h3-9,15H,1-2H3. The van der Waals surface area contributed by atoms with E-state index in [4.69, 9.17) is 0 Å². The molecule has 0 saturated heterocycles. The fourth-order valence-electron chi connectivity index (χ4n) is 1.88. The molecule has 0 spiro atoms. The summed E-state index contributed by atoms with van der Waals surface area (Å²) in [6.45, 7) is 3.41. The molecule has 0 saturated carbocycles. The number of rotatable bonds is 4. The summed E-state index contributed by atoms with van der Waals surface area (Å²) < 4.78 is 26.9. The molecule has 2 aromatic rings. The molecule has 2 aromatic carbocycles. The van der Waals surface area contributed by atoms with E-state index >= 15 is 0 Å². The lowest BCUT2D eigenvalue weighted by atomic mass is 10.1. The Morgan fingerprint density at radius 3 is 2.24 bits per heavy atom. The summed E-state index contributed by atoms with van der Waals surface area (Å²) in [5.41, 5.74) is 1.04. The summed E-state index contributed by atoms with van der Waals surface area (Å²) in [4.78, 5) is 10.5. The molecule has 21 heavy (non-hydrogen) atoms. The van der Waals surface area contributed by atoms with Crippen molar-refractivity contribution in [2.75, 3.05) is 4.72 Å². The molecule has 0 aromatic heterocycles. The van der Waals surface area contributed by atoms with Crippen LogP contribution in [0.1, 0.15) is 11.1 Å². The van der Waals surface area contributed by atoms with Gasteiger partial charge in [0.15, 0.2) is 0 Å². The third-order valence-corrected chi connectivity index (χ3v) is 4.57. The molecule has 0 bridgehead atoms. The second kappa shape index (κ2) is 5.53. The minimum Gasteiger partial charge on any atom is -0.273 e. The molecule has 0 unspecified atom stereocenters. The number of sulfonamides is 1.